The highest BCUT2D eigenvalue weighted by molar-refractivity contribution is 7.89. The van der Waals surface area contributed by atoms with Crippen molar-refractivity contribution in [1.82, 2.24) is 4.31 Å². The number of rotatable bonds is 3. The smallest absolute Gasteiger partial charge is 0.338 e. The summed E-state index contributed by atoms with van der Waals surface area (Å²) < 4.78 is 45.2. The minimum Gasteiger partial charge on any atom is -0.478 e. The van der Waals surface area contributed by atoms with Gasteiger partial charge in [0.25, 0.3) is 0 Å². The first-order valence-electron chi connectivity index (χ1n) is 6.30. The van der Waals surface area contributed by atoms with Gasteiger partial charge in [-0.05, 0) is 32.0 Å². The summed E-state index contributed by atoms with van der Waals surface area (Å²) in [5, 5.41) is 8.90. The Kier molecular flexibility index (Phi) is 4.05. The van der Waals surface area contributed by atoms with Crippen molar-refractivity contribution in [2.45, 2.75) is 24.3 Å². The monoisotopic (exact) mass is 317 g/mol. The first kappa shape index (κ1) is 15.9. The fourth-order valence-corrected chi connectivity index (χ4v) is 4.03. The summed E-state index contributed by atoms with van der Waals surface area (Å²) in [4.78, 5) is 10.7. The second-order valence-corrected chi connectivity index (χ2v) is 7.25. The number of carboxylic acids is 1. The number of aromatic carboxylic acids is 1. The molecule has 0 amide bonds. The van der Waals surface area contributed by atoms with Gasteiger partial charge in [0.2, 0.25) is 10.0 Å². The molecule has 2 rings (SSSR count). The standard InChI is InChI=1S/C13H16FNO5S/c1-13(2)8-20-6-5-15(13)21(18,19)9-3-4-11(14)10(7-9)12(16)17/h3-4,7H,5-6,8H2,1-2H3,(H,16,17). The molecule has 0 spiro atoms. The van der Waals surface area contributed by atoms with Crippen molar-refractivity contribution >= 4 is 16.0 Å². The van der Waals surface area contributed by atoms with Crippen molar-refractivity contribution in [2.24, 2.45) is 0 Å². The Morgan fingerprint density at radius 3 is 2.67 bits per heavy atom. The van der Waals surface area contributed by atoms with E-state index in [1.807, 2.05) is 0 Å². The molecule has 1 aliphatic rings. The van der Waals surface area contributed by atoms with E-state index in [2.05, 4.69) is 0 Å². The van der Waals surface area contributed by atoms with Crippen molar-refractivity contribution in [3.63, 3.8) is 0 Å². The van der Waals surface area contributed by atoms with Crippen LogP contribution in [0.2, 0.25) is 0 Å². The maximum absolute atomic E-state index is 13.4. The average molecular weight is 317 g/mol. The van der Waals surface area contributed by atoms with Crippen LogP contribution in [0, 0.1) is 5.82 Å². The first-order chi connectivity index (χ1) is 9.66. The van der Waals surface area contributed by atoms with Gasteiger partial charge in [-0.3, -0.25) is 0 Å². The molecule has 0 aromatic heterocycles. The van der Waals surface area contributed by atoms with Crippen molar-refractivity contribution in [3.05, 3.63) is 29.6 Å². The Hall–Kier alpha value is -1.51. The predicted molar refractivity (Wildman–Crippen MR) is 72.1 cm³/mol. The molecular weight excluding hydrogens is 301 g/mol. The summed E-state index contributed by atoms with van der Waals surface area (Å²) in [6, 6.07) is 2.77. The molecule has 0 radical (unpaired) electrons. The van der Waals surface area contributed by atoms with E-state index in [-0.39, 0.29) is 24.7 Å². The van der Waals surface area contributed by atoms with E-state index in [1.165, 1.54) is 4.31 Å². The van der Waals surface area contributed by atoms with E-state index in [4.69, 9.17) is 9.84 Å². The minimum absolute atomic E-state index is 0.162. The summed E-state index contributed by atoms with van der Waals surface area (Å²) in [6.45, 7) is 4.08. The van der Waals surface area contributed by atoms with Crippen LogP contribution in [0.4, 0.5) is 4.39 Å². The molecule has 1 saturated heterocycles. The number of sulfonamides is 1. The molecule has 0 atom stereocenters. The van der Waals surface area contributed by atoms with Crippen LogP contribution in [0.5, 0.6) is 0 Å². The Morgan fingerprint density at radius 2 is 2.10 bits per heavy atom. The number of benzene rings is 1. The molecule has 21 heavy (non-hydrogen) atoms. The van der Waals surface area contributed by atoms with Crippen LogP contribution in [-0.2, 0) is 14.8 Å². The molecule has 0 unspecified atom stereocenters. The molecular formula is C13H16FNO5S. The Balaban J connectivity index is 2.49. The van der Waals surface area contributed by atoms with Gasteiger partial charge in [-0.1, -0.05) is 0 Å². The molecule has 1 fully saturated rings. The van der Waals surface area contributed by atoms with E-state index in [0.29, 0.717) is 0 Å². The third-order valence-corrected chi connectivity index (χ3v) is 5.43. The summed E-state index contributed by atoms with van der Waals surface area (Å²) in [5.74, 6) is -2.48. The lowest BCUT2D eigenvalue weighted by Crippen LogP contribution is -2.55. The van der Waals surface area contributed by atoms with Gasteiger partial charge < -0.3 is 9.84 Å². The largest absolute Gasteiger partial charge is 0.478 e. The Morgan fingerprint density at radius 1 is 1.43 bits per heavy atom. The molecule has 1 aromatic rings. The van der Waals surface area contributed by atoms with Crippen LogP contribution < -0.4 is 0 Å². The van der Waals surface area contributed by atoms with Gasteiger partial charge in [0, 0.05) is 6.54 Å². The zero-order valence-electron chi connectivity index (χ0n) is 11.7. The van der Waals surface area contributed by atoms with E-state index >= 15 is 0 Å². The number of hydrogen-bond donors (Lipinski definition) is 1. The molecule has 0 aliphatic carbocycles. The second kappa shape index (κ2) is 5.36. The molecule has 8 heteroatoms. The number of hydrogen-bond acceptors (Lipinski definition) is 4. The predicted octanol–water partition coefficient (Wildman–Crippen LogP) is 1.32. The van der Waals surface area contributed by atoms with Crippen LogP contribution in [0.25, 0.3) is 0 Å². The number of nitrogens with zero attached hydrogens (tertiary/aromatic N) is 1. The average Bonchev–Trinajstić information content (AvgIpc) is 2.37. The number of carbonyl (C=O) groups is 1. The van der Waals surface area contributed by atoms with E-state index in [9.17, 15) is 17.6 Å². The molecule has 0 saturated carbocycles. The maximum atomic E-state index is 13.4. The summed E-state index contributed by atoms with van der Waals surface area (Å²) in [7, 11) is -3.92. The molecule has 1 aliphatic heterocycles. The molecule has 116 valence electrons. The third kappa shape index (κ3) is 2.92. The van der Waals surface area contributed by atoms with E-state index < -0.39 is 32.9 Å². The van der Waals surface area contributed by atoms with Gasteiger partial charge in [0.05, 0.1) is 29.2 Å². The zero-order valence-corrected chi connectivity index (χ0v) is 12.5. The van der Waals surface area contributed by atoms with Gasteiger partial charge in [-0.2, -0.15) is 4.31 Å². The SMILES string of the molecule is CC1(C)COCCN1S(=O)(=O)c1ccc(F)c(C(=O)O)c1. The summed E-state index contributed by atoms with van der Waals surface area (Å²) in [5.41, 5.74) is -1.42. The van der Waals surface area contributed by atoms with Crippen LogP contribution in [0.1, 0.15) is 24.2 Å². The molecule has 0 bridgehead atoms. The van der Waals surface area contributed by atoms with Crippen LogP contribution in [0.3, 0.4) is 0 Å². The highest BCUT2D eigenvalue weighted by Crippen LogP contribution is 2.28. The van der Waals surface area contributed by atoms with Gasteiger partial charge in [0.1, 0.15) is 5.82 Å². The Labute approximate surface area is 122 Å². The lowest BCUT2D eigenvalue weighted by Gasteiger charge is -2.40. The highest BCUT2D eigenvalue weighted by atomic mass is 32.2. The van der Waals surface area contributed by atoms with Crippen molar-refractivity contribution in [1.29, 1.82) is 0 Å². The van der Waals surface area contributed by atoms with Crippen LogP contribution >= 0.6 is 0 Å². The minimum atomic E-state index is -3.92. The summed E-state index contributed by atoms with van der Waals surface area (Å²) >= 11 is 0. The normalized spacial score (nSPS) is 19.4. The van der Waals surface area contributed by atoms with E-state index in [0.717, 1.165) is 18.2 Å². The Bertz CT molecular complexity index is 671. The zero-order chi connectivity index (χ0) is 15.8. The molecule has 1 aromatic carbocycles. The number of carboxylic acid groups (broad SMARTS) is 1. The van der Waals surface area contributed by atoms with E-state index in [1.54, 1.807) is 13.8 Å². The van der Waals surface area contributed by atoms with Crippen molar-refractivity contribution in [2.75, 3.05) is 19.8 Å². The topological polar surface area (TPSA) is 83.9 Å². The molecule has 1 heterocycles. The maximum Gasteiger partial charge on any atom is 0.338 e. The van der Waals surface area contributed by atoms with Gasteiger partial charge in [-0.25, -0.2) is 17.6 Å². The fraction of sp³-hybridized carbons (Fsp3) is 0.462. The van der Waals surface area contributed by atoms with Gasteiger partial charge in [-0.15, -0.1) is 0 Å². The van der Waals surface area contributed by atoms with Gasteiger partial charge >= 0.3 is 5.97 Å². The van der Waals surface area contributed by atoms with Crippen molar-refractivity contribution < 1.29 is 27.4 Å². The molecule has 6 nitrogen and oxygen atoms in total. The van der Waals surface area contributed by atoms with Gasteiger partial charge in [0.15, 0.2) is 0 Å². The summed E-state index contributed by atoms with van der Waals surface area (Å²) in [6.07, 6.45) is 0. The third-order valence-electron chi connectivity index (χ3n) is 3.33. The van der Waals surface area contributed by atoms with Crippen LogP contribution in [0.15, 0.2) is 23.1 Å². The number of morpholine rings is 1. The fourth-order valence-electron chi connectivity index (χ4n) is 2.25. The first-order valence-corrected chi connectivity index (χ1v) is 7.74. The van der Waals surface area contributed by atoms with Crippen LogP contribution in [-0.4, -0.2) is 49.1 Å². The lowest BCUT2D eigenvalue weighted by molar-refractivity contribution is -0.00771. The quantitative estimate of drug-likeness (QED) is 0.909. The second-order valence-electron chi connectivity index (χ2n) is 5.39. The molecule has 1 N–H and O–H groups in total. The highest BCUT2D eigenvalue weighted by Gasteiger charge is 2.40. The lowest BCUT2D eigenvalue weighted by atomic mass is 10.1. The van der Waals surface area contributed by atoms with Crippen molar-refractivity contribution in [3.8, 4) is 0 Å². The number of halogens is 1. The number of ether oxygens (including phenoxy) is 1.